The fourth-order valence-electron chi connectivity index (χ4n) is 2.16. The molecular weight excluding hydrogens is 245 g/mol. The minimum Gasteiger partial charge on any atom is -0.296 e. The maximum Gasteiger partial charge on any atom is 0.328 e. The zero-order valence-corrected chi connectivity index (χ0v) is 10.2. The summed E-state index contributed by atoms with van der Waals surface area (Å²) in [4.78, 5) is 12.1. The van der Waals surface area contributed by atoms with Crippen molar-refractivity contribution in [1.82, 2.24) is 9.13 Å². The largest absolute Gasteiger partial charge is 0.328 e. The van der Waals surface area contributed by atoms with Gasteiger partial charge in [0, 0.05) is 18.4 Å². The molecule has 1 aromatic heterocycles. The molecule has 0 unspecified atom stereocenters. The molecule has 0 N–H and O–H groups in total. The number of nitrogens with zero attached hydrogens (tertiary/aromatic N) is 3. The van der Waals surface area contributed by atoms with Crippen LogP contribution in [0, 0.1) is 17.1 Å². The van der Waals surface area contributed by atoms with Gasteiger partial charge in [0.05, 0.1) is 18.2 Å². The minimum absolute atomic E-state index is 0.101. The molecule has 1 aromatic carbocycles. The van der Waals surface area contributed by atoms with Crippen molar-refractivity contribution in [3.8, 4) is 6.07 Å². The molecule has 0 amide bonds. The third kappa shape index (κ3) is 2.17. The Bertz CT molecular complexity index is 719. The van der Waals surface area contributed by atoms with Crippen molar-refractivity contribution in [2.45, 2.75) is 25.4 Å². The van der Waals surface area contributed by atoms with Crippen LogP contribution in [0.1, 0.15) is 30.0 Å². The summed E-state index contributed by atoms with van der Waals surface area (Å²) in [6.45, 7) is 0.221. The molecule has 96 valence electrons. The van der Waals surface area contributed by atoms with Gasteiger partial charge in [-0.15, -0.1) is 0 Å². The van der Waals surface area contributed by atoms with Crippen LogP contribution in [0.15, 0.2) is 35.4 Å². The highest BCUT2D eigenvalue weighted by atomic mass is 19.1. The second-order valence-electron chi connectivity index (χ2n) is 4.76. The van der Waals surface area contributed by atoms with Crippen LogP contribution in [-0.4, -0.2) is 9.13 Å². The predicted molar refractivity (Wildman–Crippen MR) is 67.2 cm³/mol. The summed E-state index contributed by atoms with van der Waals surface area (Å²) in [6, 6.07) is 6.33. The zero-order chi connectivity index (χ0) is 13.4. The van der Waals surface area contributed by atoms with Crippen LogP contribution in [0.5, 0.6) is 0 Å². The summed E-state index contributed by atoms with van der Waals surface area (Å²) < 4.78 is 16.4. The molecule has 3 rings (SSSR count). The van der Waals surface area contributed by atoms with Crippen LogP contribution in [-0.2, 0) is 6.54 Å². The number of benzene rings is 1. The molecule has 1 aliphatic carbocycles. The Morgan fingerprint density at radius 2 is 2.16 bits per heavy atom. The van der Waals surface area contributed by atoms with E-state index in [-0.39, 0.29) is 12.2 Å². The lowest BCUT2D eigenvalue weighted by molar-refractivity contribution is 0.619. The normalized spacial score (nSPS) is 14.3. The Balaban J connectivity index is 1.95. The van der Waals surface area contributed by atoms with Crippen molar-refractivity contribution < 1.29 is 4.39 Å². The maximum absolute atomic E-state index is 13.2. The second-order valence-corrected chi connectivity index (χ2v) is 4.76. The molecular formula is C14H12FN3O. The second kappa shape index (κ2) is 4.39. The Hall–Kier alpha value is -2.35. The number of nitriles is 1. The van der Waals surface area contributed by atoms with Crippen LogP contribution in [0.25, 0.3) is 0 Å². The van der Waals surface area contributed by atoms with Crippen LogP contribution < -0.4 is 5.69 Å². The van der Waals surface area contributed by atoms with E-state index in [0.29, 0.717) is 17.2 Å². The lowest BCUT2D eigenvalue weighted by Crippen LogP contribution is -2.24. The molecule has 0 aliphatic heterocycles. The highest BCUT2D eigenvalue weighted by Crippen LogP contribution is 2.33. The standard InChI is InChI=1S/C14H12FN3O/c15-12-2-1-10(8-16)11(7-12)9-17-5-6-18(14(17)19)13-3-4-13/h1-2,5-7,13H,3-4,9H2. The van der Waals surface area contributed by atoms with E-state index in [0.717, 1.165) is 12.8 Å². The van der Waals surface area contributed by atoms with Crippen LogP contribution >= 0.6 is 0 Å². The summed E-state index contributed by atoms with van der Waals surface area (Å²) in [6.07, 6.45) is 5.51. The molecule has 0 saturated heterocycles. The third-order valence-corrected chi connectivity index (χ3v) is 3.34. The Morgan fingerprint density at radius 1 is 1.37 bits per heavy atom. The number of halogens is 1. The van der Waals surface area contributed by atoms with Gasteiger partial charge in [-0.2, -0.15) is 5.26 Å². The minimum atomic E-state index is -0.399. The average molecular weight is 257 g/mol. The van der Waals surface area contributed by atoms with Crippen LogP contribution in [0.2, 0.25) is 0 Å². The van der Waals surface area contributed by atoms with E-state index in [2.05, 4.69) is 0 Å². The first-order chi connectivity index (χ1) is 9.19. The number of hydrogen-bond donors (Lipinski definition) is 0. The Morgan fingerprint density at radius 3 is 2.84 bits per heavy atom. The predicted octanol–water partition coefficient (Wildman–Crippen LogP) is 2.04. The number of hydrogen-bond acceptors (Lipinski definition) is 2. The molecule has 19 heavy (non-hydrogen) atoms. The van der Waals surface area contributed by atoms with Gasteiger partial charge < -0.3 is 0 Å². The van der Waals surface area contributed by atoms with Crippen molar-refractivity contribution in [3.05, 3.63) is 58.0 Å². The highest BCUT2D eigenvalue weighted by molar-refractivity contribution is 5.38. The molecule has 0 bridgehead atoms. The van der Waals surface area contributed by atoms with E-state index in [1.807, 2.05) is 6.07 Å². The molecule has 1 aliphatic rings. The summed E-state index contributed by atoms with van der Waals surface area (Å²) in [7, 11) is 0. The monoisotopic (exact) mass is 257 g/mol. The highest BCUT2D eigenvalue weighted by Gasteiger charge is 2.25. The molecule has 0 radical (unpaired) electrons. The van der Waals surface area contributed by atoms with E-state index >= 15 is 0 Å². The van der Waals surface area contributed by atoms with E-state index < -0.39 is 5.82 Å². The van der Waals surface area contributed by atoms with Crippen molar-refractivity contribution in [2.24, 2.45) is 0 Å². The molecule has 1 saturated carbocycles. The van der Waals surface area contributed by atoms with E-state index in [1.165, 1.54) is 22.8 Å². The van der Waals surface area contributed by atoms with Gasteiger partial charge in [0.1, 0.15) is 5.82 Å². The molecule has 4 nitrogen and oxygen atoms in total. The molecule has 2 aromatic rings. The van der Waals surface area contributed by atoms with Crippen LogP contribution in [0.4, 0.5) is 4.39 Å². The summed E-state index contributed by atoms with van der Waals surface area (Å²) in [5.74, 6) is -0.399. The SMILES string of the molecule is N#Cc1ccc(F)cc1Cn1ccn(C2CC2)c1=O. The molecule has 1 fully saturated rings. The van der Waals surface area contributed by atoms with Crippen molar-refractivity contribution in [2.75, 3.05) is 0 Å². The summed E-state index contributed by atoms with van der Waals surface area (Å²) >= 11 is 0. The molecule has 0 spiro atoms. The maximum atomic E-state index is 13.2. The number of rotatable bonds is 3. The third-order valence-electron chi connectivity index (χ3n) is 3.34. The van der Waals surface area contributed by atoms with Crippen molar-refractivity contribution in [1.29, 1.82) is 5.26 Å². The first-order valence-electron chi connectivity index (χ1n) is 6.15. The average Bonchev–Trinajstić information content (AvgIpc) is 3.17. The van der Waals surface area contributed by atoms with E-state index in [9.17, 15) is 9.18 Å². The first kappa shape index (κ1) is 11.7. The van der Waals surface area contributed by atoms with Gasteiger partial charge in [-0.3, -0.25) is 9.13 Å². The van der Waals surface area contributed by atoms with E-state index in [4.69, 9.17) is 5.26 Å². The quantitative estimate of drug-likeness (QED) is 0.845. The van der Waals surface area contributed by atoms with Gasteiger partial charge in [0.2, 0.25) is 0 Å². The van der Waals surface area contributed by atoms with Gasteiger partial charge in [-0.1, -0.05) is 0 Å². The van der Waals surface area contributed by atoms with Crippen molar-refractivity contribution >= 4 is 0 Å². The smallest absolute Gasteiger partial charge is 0.296 e. The Labute approximate surface area is 109 Å². The first-order valence-corrected chi connectivity index (χ1v) is 6.15. The fourth-order valence-corrected chi connectivity index (χ4v) is 2.16. The van der Waals surface area contributed by atoms with Gasteiger partial charge >= 0.3 is 5.69 Å². The molecule has 5 heteroatoms. The topological polar surface area (TPSA) is 50.7 Å². The lowest BCUT2D eigenvalue weighted by atomic mass is 10.1. The van der Waals surface area contributed by atoms with Gasteiger partial charge in [0.25, 0.3) is 0 Å². The summed E-state index contributed by atoms with van der Waals surface area (Å²) in [5, 5.41) is 9.00. The van der Waals surface area contributed by atoms with Crippen LogP contribution in [0.3, 0.4) is 0 Å². The molecule has 0 atom stereocenters. The number of aromatic nitrogens is 2. The van der Waals surface area contributed by atoms with Gasteiger partial charge in [-0.25, -0.2) is 9.18 Å². The van der Waals surface area contributed by atoms with Gasteiger partial charge in [-0.05, 0) is 36.6 Å². The molecule has 1 heterocycles. The number of imidazole rings is 1. The lowest BCUT2D eigenvalue weighted by Gasteiger charge is -2.04. The van der Waals surface area contributed by atoms with Gasteiger partial charge in [0.15, 0.2) is 0 Å². The van der Waals surface area contributed by atoms with Crippen molar-refractivity contribution in [3.63, 3.8) is 0 Å². The van der Waals surface area contributed by atoms with E-state index in [1.54, 1.807) is 17.0 Å². The zero-order valence-electron chi connectivity index (χ0n) is 10.2. The summed E-state index contributed by atoms with van der Waals surface area (Å²) in [5.41, 5.74) is 0.821. The fraction of sp³-hybridized carbons (Fsp3) is 0.286. The Kier molecular flexibility index (Phi) is 2.71.